The van der Waals surface area contributed by atoms with E-state index in [0.29, 0.717) is 22.7 Å². The minimum absolute atomic E-state index is 0.218. The van der Waals surface area contributed by atoms with Crippen LogP contribution in [-0.4, -0.2) is 16.0 Å². The Bertz CT molecular complexity index is 1390. The van der Waals surface area contributed by atoms with Crippen LogP contribution >= 0.6 is 0 Å². The van der Waals surface area contributed by atoms with Gasteiger partial charge in [0.2, 0.25) is 0 Å². The summed E-state index contributed by atoms with van der Waals surface area (Å²) in [4.78, 5) is 18.1. The number of benzene rings is 3. The third kappa shape index (κ3) is 3.01. The number of aromatic nitrogens is 2. The van der Waals surface area contributed by atoms with Crippen LogP contribution in [0.25, 0.3) is 32.9 Å². The molecule has 0 atom stereocenters. The first-order chi connectivity index (χ1) is 14.6. The molecule has 3 aromatic carbocycles. The molecule has 0 saturated heterocycles. The van der Waals surface area contributed by atoms with E-state index in [2.05, 4.69) is 28.7 Å². The van der Waals surface area contributed by atoms with Crippen LogP contribution in [0.1, 0.15) is 21.8 Å². The highest BCUT2D eigenvalue weighted by atomic mass is 16.5. The van der Waals surface area contributed by atoms with Gasteiger partial charge in [-0.05, 0) is 36.8 Å². The summed E-state index contributed by atoms with van der Waals surface area (Å²) >= 11 is 0. The van der Waals surface area contributed by atoms with Gasteiger partial charge in [-0.25, -0.2) is 4.98 Å². The van der Waals surface area contributed by atoms with Crippen molar-refractivity contribution in [1.82, 2.24) is 10.1 Å². The Balaban J connectivity index is 1.69. The molecule has 30 heavy (non-hydrogen) atoms. The largest absolute Gasteiger partial charge is 0.359 e. The van der Waals surface area contributed by atoms with Crippen LogP contribution in [0.5, 0.6) is 0 Å². The second kappa shape index (κ2) is 7.12. The third-order valence-electron chi connectivity index (χ3n) is 5.30. The van der Waals surface area contributed by atoms with Gasteiger partial charge in [0, 0.05) is 10.9 Å². The molecule has 0 spiro atoms. The number of nitrogens with one attached hydrogen (secondary N) is 1. The van der Waals surface area contributed by atoms with E-state index in [-0.39, 0.29) is 5.91 Å². The van der Waals surface area contributed by atoms with Crippen molar-refractivity contribution >= 4 is 33.3 Å². The number of aryl methyl sites for hydroxylation is 2. The zero-order valence-electron chi connectivity index (χ0n) is 16.6. The first-order valence-corrected chi connectivity index (χ1v) is 9.74. The molecule has 5 rings (SSSR count). The lowest BCUT2D eigenvalue weighted by Crippen LogP contribution is -2.14. The van der Waals surface area contributed by atoms with E-state index < -0.39 is 0 Å². The molecule has 0 bridgehead atoms. The Morgan fingerprint density at radius 2 is 1.63 bits per heavy atom. The number of rotatable bonds is 3. The molecule has 1 amide bonds. The van der Waals surface area contributed by atoms with Gasteiger partial charge in [-0.15, -0.1) is 0 Å². The van der Waals surface area contributed by atoms with E-state index in [0.717, 1.165) is 32.9 Å². The molecule has 5 aromatic rings. The summed E-state index contributed by atoms with van der Waals surface area (Å²) < 4.78 is 5.18. The first kappa shape index (κ1) is 18.1. The highest BCUT2D eigenvalue weighted by Gasteiger charge is 2.18. The molecule has 2 heterocycles. The highest BCUT2D eigenvalue weighted by molar-refractivity contribution is 6.13. The molecule has 0 unspecified atom stereocenters. The summed E-state index contributed by atoms with van der Waals surface area (Å²) in [5, 5.41) is 9.91. The summed E-state index contributed by atoms with van der Waals surface area (Å²) in [7, 11) is 0. The van der Waals surface area contributed by atoms with Gasteiger partial charge in [0.05, 0.1) is 16.8 Å². The topological polar surface area (TPSA) is 68.0 Å². The summed E-state index contributed by atoms with van der Waals surface area (Å²) in [6.07, 6.45) is 0. The molecule has 0 saturated carbocycles. The van der Waals surface area contributed by atoms with E-state index >= 15 is 0 Å². The molecule has 5 nitrogen and oxygen atoms in total. The lowest BCUT2D eigenvalue weighted by molar-refractivity contribution is 0.102. The van der Waals surface area contributed by atoms with Crippen LogP contribution in [0, 0.1) is 13.8 Å². The van der Waals surface area contributed by atoms with Crippen LogP contribution < -0.4 is 5.32 Å². The molecule has 1 N–H and O–H groups in total. The normalized spacial score (nSPS) is 11.1. The van der Waals surface area contributed by atoms with Crippen LogP contribution in [0.2, 0.25) is 0 Å². The Hall–Kier alpha value is -3.99. The lowest BCUT2D eigenvalue weighted by Gasteiger charge is -2.12. The molecular formula is C25H19N3O2. The van der Waals surface area contributed by atoms with Crippen molar-refractivity contribution in [1.29, 1.82) is 0 Å². The summed E-state index contributed by atoms with van der Waals surface area (Å²) in [5.41, 5.74) is 4.33. The molecule has 0 fully saturated rings. The van der Waals surface area contributed by atoms with Gasteiger partial charge in [0.1, 0.15) is 11.4 Å². The quantitative estimate of drug-likeness (QED) is 0.414. The summed E-state index contributed by atoms with van der Waals surface area (Å²) in [5.74, 6) is 0.359. The van der Waals surface area contributed by atoms with E-state index in [1.807, 2.05) is 54.6 Å². The fraction of sp³-hybridized carbons (Fsp3) is 0.0800. The number of carbonyl (C=O) groups excluding carboxylic acids is 1. The zero-order valence-corrected chi connectivity index (χ0v) is 16.6. The maximum Gasteiger partial charge on any atom is 0.256 e. The molecule has 5 heteroatoms. The number of anilines is 1. The number of para-hydroxylation sites is 1. The fourth-order valence-electron chi connectivity index (χ4n) is 3.79. The maximum atomic E-state index is 13.3. The van der Waals surface area contributed by atoms with Crippen LogP contribution in [0.4, 0.5) is 5.69 Å². The van der Waals surface area contributed by atoms with Crippen LogP contribution in [0.15, 0.2) is 77.3 Å². The van der Waals surface area contributed by atoms with Crippen molar-refractivity contribution in [2.24, 2.45) is 0 Å². The van der Waals surface area contributed by atoms with E-state index in [1.165, 1.54) is 0 Å². The number of hydrogen-bond donors (Lipinski definition) is 1. The van der Waals surface area contributed by atoms with Crippen molar-refractivity contribution in [3.05, 3.63) is 89.8 Å². The molecule has 0 aliphatic heterocycles. The molecule has 0 aliphatic rings. The van der Waals surface area contributed by atoms with Gasteiger partial charge < -0.3 is 9.84 Å². The summed E-state index contributed by atoms with van der Waals surface area (Å²) in [6.45, 7) is 3.58. The van der Waals surface area contributed by atoms with Crippen LogP contribution in [0.3, 0.4) is 0 Å². The SMILES string of the molecule is Cc1noc(C)c1NC(=O)c1cc(-c2cccc3ccccc23)nc2ccccc12. The van der Waals surface area contributed by atoms with Gasteiger partial charge in [-0.3, -0.25) is 4.79 Å². The average molecular weight is 393 g/mol. The van der Waals surface area contributed by atoms with Crippen molar-refractivity contribution in [3.8, 4) is 11.3 Å². The van der Waals surface area contributed by atoms with E-state index in [1.54, 1.807) is 13.8 Å². The van der Waals surface area contributed by atoms with Crippen molar-refractivity contribution in [3.63, 3.8) is 0 Å². The van der Waals surface area contributed by atoms with Crippen LogP contribution in [-0.2, 0) is 0 Å². The number of pyridine rings is 1. The predicted molar refractivity (Wildman–Crippen MR) is 119 cm³/mol. The molecule has 0 radical (unpaired) electrons. The standard InChI is InChI=1S/C25H19N3O2/c1-15-24(16(2)30-28-15)27-25(29)21-14-23(26-22-13-6-5-11-20(21)22)19-12-7-9-17-8-3-4-10-18(17)19/h3-14H,1-2H3,(H,27,29). The fourth-order valence-corrected chi connectivity index (χ4v) is 3.79. The molecule has 146 valence electrons. The van der Waals surface area contributed by atoms with E-state index in [4.69, 9.17) is 9.51 Å². The zero-order chi connectivity index (χ0) is 20.7. The van der Waals surface area contributed by atoms with Gasteiger partial charge in [0.25, 0.3) is 5.91 Å². The van der Waals surface area contributed by atoms with Gasteiger partial charge in [0.15, 0.2) is 5.76 Å². The van der Waals surface area contributed by atoms with Crippen molar-refractivity contribution < 1.29 is 9.32 Å². The number of amides is 1. The van der Waals surface area contributed by atoms with Gasteiger partial charge in [-0.2, -0.15) is 0 Å². The van der Waals surface area contributed by atoms with Crippen molar-refractivity contribution in [2.75, 3.05) is 5.32 Å². The second-order valence-electron chi connectivity index (χ2n) is 7.25. The third-order valence-corrected chi connectivity index (χ3v) is 5.30. The highest BCUT2D eigenvalue weighted by Crippen LogP contribution is 2.31. The Morgan fingerprint density at radius 1 is 0.900 bits per heavy atom. The number of nitrogens with zero attached hydrogens (tertiary/aromatic N) is 2. The van der Waals surface area contributed by atoms with E-state index in [9.17, 15) is 4.79 Å². The predicted octanol–water partition coefficient (Wildman–Crippen LogP) is 5.91. The minimum atomic E-state index is -0.218. The number of carbonyl (C=O) groups is 1. The lowest BCUT2D eigenvalue weighted by atomic mass is 9.99. The van der Waals surface area contributed by atoms with Gasteiger partial charge in [-0.1, -0.05) is 65.8 Å². The number of fused-ring (bicyclic) bond motifs is 2. The minimum Gasteiger partial charge on any atom is -0.359 e. The summed E-state index contributed by atoms with van der Waals surface area (Å²) in [6, 6.07) is 23.8. The van der Waals surface area contributed by atoms with Gasteiger partial charge >= 0.3 is 0 Å². The molecular weight excluding hydrogens is 374 g/mol. The second-order valence-corrected chi connectivity index (χ2v) is 7.25. The van der Waals surface area contributed by atoms with Crippen molar-refractivity contribution in [2.45, 2.75) is 13.8 Å². The molecule has 2 aromatic heterocycles. The monoisotopic (exact) mass is 393 g/mol. The Kier molecular flexibility index (Phi) is 4.29. The molecule has 0 aliphatic carbocycles. The first-order valence-electron chi connectivity index (χ1n) is 9.74. The average Bonchev–Trinajstić information content (AvgIpc) is 3.10. The smallest absolute Gasteiger partial charge is 0.256 e. The maximum absolute atomic E-state index is 13.3. The number of hydrogen-bond acceptors (Lipinski definition) is 4. The Morgan fingerprint density at radius 3 is 2.43 bits per heavy atom. The Labute approximate surface area is 173 Å².